The quantitative estimate of drug-likeness (QED) is 0.463. The van der Waals surface area contributed by atoms with Crippen LogP contribution in [0.1, 0.15) is 16.8 Å². The number of carbonyl (C=O) groups excluding carboxylic acids is 1. The van der Waals surface area contributed by atoms with E-state index in [4.69, 9.17) is 9.72 Å². The first kappa shape index (κ1) is 19.0. The third-order valence-corrected chi connectivity index (χ3v) is 6.85. The molecule has 0 spiro atoms. The minimum Gasteiger partial charge on any atom is -0.465 e. The highest BCUT2D eigenvalue weighted by molar-refractivity contribution is 7.24. The SMILES string of the molecule is COC(=O)c1c(=O)c2ccc(N3CCCN(C)CC3)nc2n2c1sc1ccccc12. The van der Waals surface area contributed by atoms with Gasteiger partial charge in [0.1, 0.15) is 16.2 Å². The minimum absolute atomic E-state index is 0.0668. The van der Waals surface area contributed by atoms with Crippen molar-refractivity contribution < 1.29 is 9.53 Å². The van der Waals surface area contributed by atoms with E-state index in [-0.39, 0.29) is 11.0 Å². The number of nitrogens with zero attached hydrogens (tertiary/aromatic N) is 4. The Morgan fingerprint density at radius 3 is 2.77 bits per heavy atom. The fraction of sp³-hybridized carbons (Fsp3) is 0.318. The summed E-state index contributed by atoms with van der Waals surface area (Å²) in [6, 6.07) is 11.5. The number of fused-ring (bicyclic) bond motifs is 5. The van der Waals surface area contributed by atoms with Gasteiger partial charge >= 0.3 is 5.97 Å². The first-order valence-corrected chi connectivity index (χ1v) is 10.8. The van der Waals surface area contributed by atoms with Crippen molar-refractivity contribution >= 4 is 49.2 Å². The Bertz CT molecular complexity index is 1340. The average molecular weight is 423 g/mol. The van der Waals surface area contributed by atoms with Gasteiger partial charge in [-0.1, -0.05) is 12.1 Å². The third kappa shape index (κ3) is 2.95. The molecule has 4 heterocycles. The molecule has 0 unspecified atom stereocenters. The maximum absolute atomic E-state index is 13.2. The van der Waals surface area contributed by atoms with Gasteiger partial charge in [0.25, 0.3) is 0 Å². The van der Waals surface area contributed by atoms with Crippen LogP contribution in [0.25, 0.3) is 26.1 Å². The van der Waals surface area contributed by atoms with Gasteiger partial charge < -0.3 is 14.5 Å². The molecule has 0 atom stereocenters. The molecular formula is C22H22N4O3S. The van der Waals surface area contributed by atoms with Crippen LogP contribution in [0.15, 0.2) is 41.2 Å². The third-order valence-electron chi connectivity index (χ3n) is 5.71. The van der Waals surface area contributed by atoms with Crippen LogP contribution < -0.4 is 10.3 Å². The predicted molar refractivity (Wildman–Crippen MR) is 120 cm³/mol. The first-order valence-electron chi connectivity index (χ1n) is 9.97. The summed E-state index contributed by atoms with van der Waals surface area (Å²) in [6.07, 6.45) is 1.06. The number of esters is 1. The molecule has 0 amide bonds. The molecule has 0 aliphatic carbocycles. The Labute approximate surface area is 177 Å². The van der Waals surface area contributed by atoms with Crippen molar-refractivity contribution in [2.24, 2.45) is 0 Å². The molecule has 7 nitrogen and oxygen atoms in total. The first-order chi connectivity index (χ1) is 14.6. The molecule has 154 valence electrons. The van der Waals surface area contributed by atoms with Crippen LogP contribution in [0.2, 0.25) is 0 Å². The van der Waals surface area contributed by atoms with Crippen LogP contribution in [-0.4, -0.2) is 60.6 Å². The van der Waals surface area contributed by atoms with Crippen molar-refractivity contribution in [2.45, 2.75) is 6.42 Å². The van der Waals surface area contributed by atoms with Crippen molar-refractivity contribution in [3.8, 4) is 0 Å². The molecule has 30 heavy (non-hydrogen) atoms. The number of pyridine rings is 2. The molecule has 0 bridgehead atoms. The molecule has 3 aromatic heterocycles. The van der Waals surface area contributed by atoms with Gasteiger partial charge in [0.15, 0.2) is 5.65 Å². The Morgan fingerprint density at radius 2 is 1.93 bits per heavy atom. The highest BCUT2D eigenvalue weighted by atomic mass is 32.1. The fourth-order valence-corrected chi connectivity index (χ4v) is 5.29. The topological polar surface area (TPSA) is 67.2 Å². The maximum Gasteiger partial charge on any atom is 0.344 e. The second kappa shape index (κ2) is 7.37. The number of hydrogen-bond donors (Lipinski definition) is 0. The highest BCUT2D eigenvalue weighted by Gasteiger charge is 2.24. The number of methoxy groups -OCH3 is 1. The van der Waals surface area contributed by atoms with E-state index in [0.29, 0.717) is 15.9 Å². The zero-order chi connectivity index (χ0) is 20.8. The van der Waals surface area contributed by atoms with Gasteiger partial charge in [0, 0.05) is 19.6 Å². The summed E-state index contributed by atoms with van der Waals surface area (Å²) < 4.78 is 7.85. The summed E-state index contributed by atoms with van der Waals surface area (Å²) in [4.78, 5) is 35.8. The van der Waals surface area contributed by atoms with E-state index in [1.54, 1.807) is 6.07 Å². The van der Waals surface area contributed by atoms with Gasteiger partial charge in [-0.3, -0.25) is 9.20 Å². The molecular weight excluding hydrogens is 400 g/mol. The number of rotatable bonds is 2. The van der Waals surface area contributed by atoms with E-state index in [0.717, 1.165) is 48.6 Å². The van der Waals surface area contributed by atoms with E-state index in [2.05, 4.69) is 16.8 Å². The molecule has 0 saturated carbocycles. The van der Waals surface area contributed by atoms with Crippen LogP contribution in [0.5, 0.6) is 0 Å². The second-order valence-electron chi connectivity index (χ2n) is 7.59. The predicted octanol–water partition coefficient (Wildman–Crippen LogP) is 2.99. The van der Waals surface area contributed by atoms with Crippen molar-refractivity contribution in [1.82, 2.24) is 14.3 Å². The van der Waals surface area contributed by atoms with Crippen molar-refractivity contribution in [2.75, 3.05) is 45.2 Å². The van der Waals surface area contributed by atoms with E-state index in [9.17, 15) is 9.59 Å². The Kier molecular flexibility index (Phi) is 4.67. The number of benzene rings is 1. The summed E-state index contributed by atoms with van der Waals surface area (Å²) in [5, 5.41) is 0.423. The molecule has 1 aliphatic rings. The molecule has 4 aromatic rings. The van der Waals surface area contributed by atoms with Gasteiger partial charge in [-0.15, -0.1) is 11.3 Å². The number of likely N-dealkylation sites (N-methyl/N-ethyl adjacent to an activating group) is 1. The van der Waals surface area contributed by atoms with Crippen molar-refractivity contribution in [3.05, 3.63) is 52.2 Å². The molecule has 5 rings (SSSR count). The van der Waals surface area contributed by atoms with Gasteiger partial charge in [-0.2, -0.15) is 0 Å². The summed E-state index contributed by atoms with van der Waals surface area (Å²) in [7, 11) is 3.43. The lowest BCUT2D eigenvalue weighted by atomic mass is 10.2. The van der Waals surface area contributed by atoms with Crippen molar-refractivity contribution in [1.29, 1.82) is 0 Å². The Balaban J connectivity index is 1.82. The zero-order valence-electron chi connectivity index (χ0n) is 16.9. The van der Waals surface area contributed by atoms with Crippen LogP contribution >= 0.6 is 11.3 Å². The van der Waals surface area contributed by atoms with Crippen LogP contribution in [0.3, 0.4) is 0 Å². The van der Waals surface area contributed by atoms with Crippen LogP contribution in [-0.2, 0) is 4.74 Å². The smallest absolute Gasteiger partial charge is 0.344 e. The lowest BCUT2D eigenvalue weighted by molar-refractivity contribution is 0.0601. The van der Waals surface area contributed by atoms with Crippen molar-refractivity contribution in [3.63, 3.8) is 0 Å². The summed E-state index contributed by atoms with van der Waals surface area (Å²) in [6.45, 7) is 3.84. The summed E-state index contributed by atoms with van der Waals surface area (Å²) >= 11 is 1.41. The van der Waals surface area contributed by atoms with Gasteiger partial charge in [-0.25, -0.2) is 9.78 Å². The molecule has 1 saturated heterocycles. The standard InChI is InChI=1S/C22H22N4O3S/c1-24-10-5-11-25(13-12-24)17-9-8-14-19(27)18(22(28)29-2)21-26(20(14)23-17)15-6-3-4-7-16(15)30-21/h3-4,6-9H,5,10-13H2,1-2H3. The number of aromatic nitrogens is 2. The largest absolute Gasteiger partial charge is 0.465 e. The lowest BCUT2D eigenvalue weighted by Gasteiger charge is -2.22. The summed E-state index contributed by atoms with van der Waals surface area (Å²) in [5.41, 5.74) is 1.23. The zero-order valence-corrected chi connectivity index (χ0v) is 17.7. The van der Waals surface area contributed by atoms with E-state index >= 15 is 0 Å². The van der Waals surface area contributed by atoms with Gasteiger partial charge in [-0.05, 0) is 44.3 Å². The normalized spacial score (nSPS) is 15.7. The fourth-order valence-electron chi connectivity index (χ4n) is 4.11. The highest BCUT2D eigenvalue weighted by Crippen LogP contribution is 2.31. The van der Waals surface area contributed by atoms with E-state index in [1.807, 2.05) is 34.7 Å². The number of carbonyl (C=O) groups is 1. The molecule has 1 fully saturated rings. The average Bonchev–Trinajstić information content (AvgIpc) is 3.00. The lowest BCUT2D eigenvalue weighted by Crippen LogP contribution is -2.29. The summed E-state index contributed by atoms with van der Waals surface area (Å²) in [5.74, 6) is 0.234. The maximum atomic E-state index is 13.2. The number of thiazole rings is 1. The molecule has 1 aromatic carbocycles. The molecule has 0 radical (unpaired) electrons. The Morgan fingerprint density at radius 1 is 1.10 bits per heavy atom. The minimum atomic E-state index is -0.620. The van der Waals surface area contributed by atoms with Gasteiger partial charge in [0.05, 0.1) is 22.7 Å². The van der Waals surface area contributed by atoms with Crippen LogP contribution in [0, 0.1) is 0 Å². The van der Waals surface area contributed by atoms with E-state index in [1.165, 1.54) is 18.4 Å². The Hall–Kier alpha value is -2.97. The van der Waals surface area contributed by atoms with Gasteiger partial charge in [0.2, 0.25) is 5.43 Å². The number of para-hydroxylation sites is 1. The monoisotopic (exact) mass is 422 g/mol. The number of hydrogen-bond acceptors (Lipinski definition) is 7. The molecule has 0 N–H and O–H groups in total. The van der Waals surface area contributed by atoms with Crippen LogP contribution in [0.4, 0.5) is 5.82 Å². The molecule has 8 heteroatoms. The van der Waals surface area contributed by atoms with E-state index < -0.39 is 5.97 Å². The number of ether oxygens (including phenoxy) is 1. The second-order valence-corrected chi connectivity index (χ2v) is 8.62. The number of anilines is 1. The molecule has 1 aliphatic heterocycles.